The molecule has 0 radical (unpaired) electrons. The van der Waals surface area contributed by atoms with Gasteiger partial charge in [0.25, 0.3) is 0 Å². The van der Waals surface area contributed by atoms with E-state index in [9.17, 15) is 4.79 Å². The van der Waals surface area contributed by atoms with Gasteiger partial charge in [0, 0.05) is 0 Å². The maximum Gasteiger partial charge on any atom is 0.339 e. The fourth-order valence-corrected chi connectivity index (χ4v) is 1.49. The summed E-state index contributed by atoms with van der Waals surface area (Å²) in [6.07, 6.45) is -0.0493. The largest absolute Gasteiger partial charge is 0.489 e. The van der Waals surface area contributed by atoms with Crippen molar-refractivity contribution in [2.75, 3.05) is 0 Å². The minimum Gasteiger partial charge on any atom is -0.489 e. The Morgan fingerprint density at radius 3 is 2.64 bits per heavy atom. The summed E-state index contributed by atoms with van der Waals surface area (Å²) in [4.78, 5) is 10.9. The summed E-state index contributed by atoms with van der Waals surface area (Å²) >= 11 is 3.26. The zero-order valence-electron chi connectivity index (χ0n) is 7.95. The molecule has 1 rings (SSSR count). The second kappa shape index (κ2) is 4.46. The highest BCUT2D eigenvalue weighted by Crippen LogP contribution is 2.29. The summed E-state index contributed by atoms with van der Waals surface area (Å²) in [6, 6.07) is 4.94. The molecule has 0 aliphatic heterocycles. The molecule has 1 aromatic rings. The van der Waals surface area contributed by atoms with E-state index in [1.54, 1.807) is 12.1 Å². The Labute approximate surface area is 90.8 Å². The summed E-state index contributed by atoms with van der Waals surface area (Å²) in [5, 5.41) is 8.90. The molecule has 76 valence electrons. The first kappa shape index (κ1) is 11.0. The maximum absolute atomic E-state index is 10.9. The van der Waals surface area contributed by atoms with E-state index in [0.29, 0.717) is 10.2 Å². The number of benzene rings is 1. The Balaban J connectivity index is 3.15. The first-order valence-corrected chi connectivity index (χ1v) is 5.00. The number of carboxylic acid groups (broad SMARTS) is 1. The molecule has 1 aromatic carbocycles. The molecule has 0 amide bonds. The highest BCUT2D eigenvalue weighted by Gasteiger charge is 2.14. The summed E-state index contributed by atoms with van der Waals surface area (Å²) in [7, 11) is 0. The zero-order chi connectivity index (χ0) is 10.7. The van der Waals surface area contributed by atoms with E-state index in [0.717, 1.165) is 0 Å². The minimum absolute atomic E-state index is 0.0493. The molecule has 1 N–H and O–H groups in total. The standard InChI is InChI=1S/C10H11BrO3/c1-6(2)14-9-7(10(12)13)4-3-5-8(9)11/h3-6H,1-2H3,(H,12,13). The number of aromatic carboxylic acids is 1. The molecule has 0 saturated heterocycles. The van der Waals surface area contributed by atoms with Crippen molar-refractivity contribution < 1.29 is 14.6 Å². The van der Waals surface area contributed by atoms with Crippen molar-refractivity contribution in [2.24, 2.45) is 0 Å². The first-order chi connectivity index (χ1) is 6.52. The first-order valence-electron chi connectivity index (χ1n) is 4.21. The van der Waals surface area contributed by atoms with Crippen LogP contribution in [0.2, 0.25) is 0 Å². The van der Waals surface area contributed by atoms with Gasteiger partial charge in [-0.1, -0.05) is 6.07 Å². The number of halogens is 1. The topological polar surface area (TPSA) is 46.5 Å². The normalized spacial score (nSPS) is 10.3. The predicted molar refractivity (Wildman–Crippen MR) is 56.9 cm³/mol. The molecule has 0 aliphatic carbocycles. The smallest absolute Gasteiger partial charge is 0.339 e. The molecule has 3 nitrogen and oxygen atoms in total. The van der Waals surface area contributed by atoms with Gasteiger partial charge in [0.05, 0.1) is 10.6 Å². The second-order valence-corrected chi connectivity index (χ2v) is 3.94. The van der Waals surface area contributed by atoms with E-state index in [1.807, 2.05) is 13.8 Å². The highest BCUT2D eigenvalue weighted by atomic mass is 79.9. The van der Waals surface area contributed by atoms with E-state index in [4.69, 9.17) is 9.84 Å². The molecular weight excluding hydrogens is 248 g/mol. The fourth-order valence-electron chi connectivity index (χ4n) is 1.03. The van der Waals surface area contributed by atoms with Crippen LogP contribution in [0.25, 0.3) is 0 Å². The van der Waals surface area contributed by atoms with Crippen molar-refractivity contribution in [2.45, 2.75) is 20.0 Å². The SMILES string of the molecule is CC(C)Oc1c(Br)cccc1C(=O)O. The maximum atomic E-state index is 10.9. The summed E-state index contributed by atoms with van der Waals surface area (Å²) in [5.74, 6) is -0.600. The van der Waals surface area contributed by atoms with Crippen LogP contribution in [0.3, 0.4) is 0 Å². The molecule has 0 bridgehead atoms. The molecule has 0 heterocycles. The quantitative estimate of drug-likeness (QED) is 0.907. The number of carbonyl (C=O) groups is 1. The lowest BCUT2D eigenvalue weighted by Gasteiger charge is -2.13. The second-order valence-electron chi connectivity index (χ2n) is 3.09. The van der Waals surface area contributed by atoms with Crippen molar-refractivity contribution in [3.05, 3.63) is 28.2 Å². The third kappa shape index (κ3) is 2.48. The molecule has 0 aliphatic rings. The average Bonchev–Trinajstić information content (AvgIpc) is 2.07. The Hall–Kier alpha value is -1.03. The molecule has 0 atom stereocenters. The van der Waals surface area contributed by atoms with Crippen LogP contribution in [-0.4, -0.2) is 17.2 Å². The third-order valence-electron chi connectivity index (χ3n) is 1.55. The Kier molecular flexibility index (Phi) is 3.52. The molecular formula is C10H11BrO3. The zero-order valence-corrected chi connectivity index (χ0v) is 9.54. The van der Waals surface area contributed by atoms with Gasteiger partial charge in [-0.3, -0.25) is 0 Å². The van der Waals surface area contributed by atoms with Crippen molar-refractivity contribution in [1.29, 1.82) is 0 Å². The number of hydrogen-bond acceptors (Lipinski definition) is 2. The number of hydrogen-bond donors (Lipinski definition) is 1. The lowest BCUT2D eigenvalue weighted by Crippen LogP contribution is -2.10. The van der Waals surface area contributed by atoms with Crippen LogP contribution in [0.1, 0.15) is 24.2 Å². The summed E-state index contributed by atoms with van der Waals surface area (Å²) in [6.45, 7) is 3.70. The molecule has 14 heavy (non-hydrogen) atoms. The van der Waals surface area contributed by atoms with E-state index < -0.39 is 5.97 Å². The molecule has 4 heteroatoms. The van der Waals surface area contributed by atoms with Crippen molar-refractivity contribution in [3.8, 4) is 5.75 Å². The van der Waals surface area contributed by atoms with Gasteiger partial charge in [-0.15, -0.1) is 0 Å². The number of para-hydroxylation sites is 1. The van der Waals surface area contributed by atoms with Crippen LogP contribution < -0.4 is 4.74 Å². The summed E-state index contributed by atoms with van der Waals surface area (Å²) < 4.78 is 6.07. The average molecular weight is 259 g/mol. The van der Waals surface area contributed by atoms with Crippen molar-refractivity contribution in [3.63, 3.8) is 0 Å². The van der Waals surface area contributed by atoms with Crippen molar-refractivity contribution in [1.82, 2.24) is 0 Å². The van der Waals surface area contributed by atoms with Gasteiger partial charge in [0.2, 0.25) is 0 Å². The Bertz CT molecular complexity index is 347. The highest BCUT2D eigenvalue weighted by molar-refractivity contribution is 9.10. The van der Waals surface area contributed by atoms with E-state index in [-0.39, 0.29) is 11.7 Å². The van der Waals surface area contributed by atoms with Gasteiger partial charge in [0.1, 0.15) is 11.3 Å². The van der Waals surface area contributed by atoms with E-state index >= 15 is 0 Å². The lowest BCUT2D eigenvalue weighted by atomic mass is 10.2. The van der Waals surface area contributed by atoms with Crippen LogP contribution >= 0.6 is 15.9 Å². The van der Waals surface area contributed by atoms with Crippen LogP contribution in [0.15, 0.2) is 22.7 Å². The van der Waals surface area contributed by atoms with Crippen LogP contribution in [0, 0.1) is 0 Å². The third-order valence-corrected chi connectivity index (χ3v) is 2.18. The van der Waals surface area contributed by atoms with Crippen molar-refractivity contribution >= 4 is 21.9 Å². The molecule has 0 unspecified atom stereocenters. The molecule has 0 spiro atoms. The van der Waals surface area contributed by atoms with Gasteiger partial charge >= 0.3 is 5.97 Å². The fraction of sp³-hybridized carbons (Fsp3) is 0.300. The number of carboxylic acids is 1. The van der Waals surface area contributed by atoms with Gasteiger partial charge in [-0.05, 0) is 41.9 Å². The molecule has 0 aromatic heterocycles. The van der Waals surface area contributed by atoms with Gasteiger partial charge in [-0.25, -0.2) is 4.79 Å². The lowest BCUT2D eigenvalue weighted by molar-refractivity contribution is 0.0690. The number of ether oxygens (including phenoxy) is 1. The summed E-state index contributed by atoms with van der Waals surface area (Å²) in [5.41, 5.74) is 0.174. The Morgan fingerprint density at radius 2 is 2.14 bits per heavy atom. The Morgan fingerprint density at radius 1 is 1.50 bits per heavy atom. The predicted octanol–water partition coefficient (Wildman–Crippen LogP) is 2.93. The van der Waals surface area contributed by atoms with Gasteiger partial charge in [0.15, 0.2) is 0 Å². The van der Waals surface area contributed by atoms with E-state index in [1.165, 1.54) is 6.07 Å². The van der Waals surface area contributed by atoms with Crippen LogP contribution in [-0.2, 0) is 0 Å². The number of rotatable bonds is 3. The van der Waals surface area contributed by atoms with E-state index in [2.05, 4.69) is 15.9 Å². The van der Waals surface area contributed by atoms with Gasteiger partial charge in [-0.2, -0.15) is 0 Å². The minimum atomic E-state index is -0.984. The van der Waals surface area contributed by atoms with Crippen LogP contribution in [0.4, 0.5) is 0 Å². The molecule has 0 fully saturated rings. The van der Waals surface area contributed by atoms with Gasteiger partial charge < -0.3 is 9.84 Å². The van der Waals surface area contributed by atoms with Crippen LogP contribution in [0.5, 0.6) is 5.75 Å². The molecule has 0 saturated carbocycles. The monoisotopic (exact) mass is 258 g/mol.